The molecular formula is C9H16O3. The van der Waals surface area contributed by atoms with E-state index in [1.165, 1.54) is 6.92 Å². The minimum atomic E-state index is -0.226. The lowest BCUT2D eigenvalue weighted by molar-refractivity contribution is -0.150. The third kappa shape index (κ3) is 1.78. The average molecular weight is 172 g/mol. The number of hydrogen-bond donors (Lipinski definition) is 0. The summed E-state index contributed by atoms with van der Waals surface area (Å²) in [5.74, 6) is 0.0697. The van der Waals surface area contributed by atoms with Crippen molar-refractivity contribution in [3.05, 3.63) is 0 Å². The molecule has 1 fully saturated rings. The summed E-state index contributed by atoms with van der Waals surface area (Å²) in [6.07, 6.45) is 0.140. The Labute approximate surface area is 73.0 Å². The van der Waals surface area contributed by atoms with Crippen LogP contribution in [0.1, 0.15) is 27.7 Å². The van der Waals surface area contributed by atoms with Crippen molar-refractivity contribution < 1.29 is 14.3 Å². The Morgan fingerprint density at radius 2 is 1.83 bits per heavy atom. The van der Waals surface area contributed by atoms with E-state index in [1.54, 1.807) is 0 Å². The van der Waals surface area contributed by atoms with E-state index in [-0.39, 0.29) is 24.3 Å². The van der Waals surface area contributed by atoms with Crippen molar-refractivity contribution in [2.75, 3.05) is 0 Å². The van der Waals surface area contributed by atoms with Crippen LogP contribution in [0, 0.1) is 5.92 Å². The molecule has 1 aliphatic rings. The van der Waals surface area contributed by atoms with Crippen LogP contribution in [-0.2, 0) is 14.3 Å². The van der Waals surface area contributed by atoms with Crippen molar-refractivity contribution in [2.45, 2.75) is 46.0 Å². The summed E-state index contributed by atoms with van der Waals surface area (Å²) in [6.45, 7) is 7.42. The SMILES string of the molecule is CC(=O)O[C@@H]1C(C)O[C@@H](C)C1C. The molecule has 0 aliphatic carbocycles. The lowest BCUT2D eigenvalue weighted by atomic mass is 10.00. The first-order valence-corrected chi connectivity index (χ1v) is 4.35. The van der Waals surface area contributed by atoms with E-state index in [0.717, 1.165) is 0 Å². The first kappa shape index (κ1) is 9.52. The van der Waals surface area contributed by atoms with Gasteiger partial charge in [0, 0.05) is 12.8 Å². The zero-order valence-corrected chi connectivity index (χ0v) is 8.03. The molecule has 1 heterocycles. The van der Waals surface area contributed by atoms with Crippen molar-refractivity contribution in [1.82, 2.24) is 0 Å². The second-order valence-corrected chi connectivity index (χ2v) is 3.48. The molecule has 0 spiro atoms. The van der Waals surface area contributed by atoms with Crippen molar-refractivity contribution in [3.63, 3.8) is 0 Å². The van der Waals surface area contributed by atoms with Gasteiger partial charge in [-0.15, -0.1) is 0 Å². The molecule has 1 rings (SSSR count). The van der Waals surface area contributed by atoms with E-state index < -0.39 is 0 Å². The molecule has 0 aromatic rings. The number of rotatable bonds is 1. The molecule has 0 aromatic heterocycles. The molecule has 70 valence electrons. The predicted molar refractivity (Wildman–Crippen MR) is 44.7 cm³/mol. The Morgan fingerprint density at radius 1 is 1.25 bits per heavy atom. The van der Waals surface area contributed by atoms with Crippen molar-refractivity contribution >= 4 is 5.97 Å². The van der Waals surface area contributed by atoms with Gasteiger partial charge in [0.2, 0.25) is 0 Å². The van der Waals surface area contributed by atoms with Crippen LogP contribution in [0.5, 0.6) is 0 Å². The maximum atomic E-state index is 10.7. The lowest BCUT2D eigenvalue weighted by Gasteiger charge is -2.17. The van der Waals surface area contributed by atoms with Crippen LogP contribution < -0.4 is 0 Å². The lowest BCUT2D eigenvalue weighted by Crippen LogP contribution is -2.28. The Morgan fingerprint density at radius 3 is 2.17 bits per heavy atom. The van der Waals surface area contributed by atoms with E-state index in [9.17, 15) is 4.79 Å². The van der Waals surface area contributed by atoms with Crippen LogP contribution in [-0.4, -0.2) is 24.3 Å². The molecule has 0 aromatic carbocycles. The highest BCUT2D eigenvalue weighted by Gasteiger charge is 2.38. The third-order valence-electron chi connectivity index (χ3n) is 2.45. The van der Waals surface area contributed by atoms with Gasteiger partial charge >= 0.3 is 5.97 Å². The maximum absolute atomic E-state index is 10.7. The summed E-state index contributed by atoms with van der Waals surface area (Å²) in [6, 6.07) is 0. The molecule has 4 atom stereocenters. The number of esters is 1. The van der Waals surface area contributed by atoms with Crippen molar-refractivity contribution in [3.8, 4) is 0 Å². The van der Waals surface area contributed by atoms with Gasteiger partial charge in [0.15, 0.2) is 0 Å². The maximum Gasteiger partial charge on any atom is 0.303 e. The van der Waals surface area contributed by atoms with Gasteiger partial charge in [-0.1, -0.05) is 6.92 Å². The Bertz CT molecular complexity index is 179. The highest BCUT2D eigenvalue weighted by atomic mass is 16.6. The van der Waals surface area contributed by atoms with Crippen LogP contribution >= 0.6 is 0 Å². The largest absolute Gasteiger partial charge is 0.459 e. The number of hydrogen-bond acceptors (Lipinski definition) is 3. The minimum Gasteiger partial charge on any atom is -0.459 e. The Hall–Kier alpha value is -0.570. The average Bonchev–Trinajstić information content (AvgIpc) is 2.16. The van der Waals surface area contributed by atoms with Gasteiger partial charge in [0.25, 0.3) is 0 Å². The van der Waals surface area contributed by atoms with Gasteiger partial charge < -0.3 is 9.47 Å². The van der Waals surface area contributed by atoms with Gasteiger partial charge in [-0.05, 0) is 13.8 Å². The van der Waals surface area contributed by atoms with E-state index in [0.29, 0.717) is 5.92 Å². The smallest absolute Gasteiger partial charge is 0.303 e. The summed E-state index contributed by atoms with van der Waals surface area (Å²) in [5.41, 5.74) is 0. The fraction of sp³-hybridized carbons (Fsp3) is 0.889. The third-order valence-corrected chi connectivity index (χ3v) is 2.45. The minimum absolute atomic E-state index is 0.0268. The van der Waals surface area contributed by atoms with Gasteiger partial charge in [0.05, 0.1) is 12.2 Å². The molecule has 0 saturated carbocycles. The summed E-state index contributed by atoms with van der Waals surface area (Å²) in [4.78, 5) is 10.7. The van der Waals surface area contributed by atoms with Crippen LogP contribution in [0.15, 0.2) is 0 Å². The van der Waals surface area contributed by atoms with Crippen LogP contribution in [0.3, 0.4) is 0 Å². The highest BCUT2D eigenvalue weighted by Crippen LogP contribution is 2.28. The molecule has 3 heteroatoms. The molecule has 1 saturated heterocycles. The molecule has 3 nitrogen and oxygen atoms in total. The summed E-state index contributed by atoms with van der Waals surface area (Å²) >= 11 is 0. The normalized spacial score (nSPS) is 41.3. The zero-order valence-electron chi connectivity index (χ0n) is 8.03. The van der Waals surface area contributed by atoms with Gasteiger partial charge in [0.1, 0.15) is 6.10 Å². The van der Waals surface area contributed by atoms with Crippen molar-refractivity contribution in [1.29, 1.82) is 0 Å². The summed E-state index contributed by atoms with van der Waals surface area (Å²) in [5, 5.41) is 0. The first-order valence-electron chi connectivity index (χ1n) is 4.35. The second-order valence-electron chi connectivity index (χ2n) is 3.48. The highest BCUT2D eigenvalue weighted by molar-refractivity contribution is 5.66. The fourth-order valence-corrected chi connectivity index (χ4v) is 1.63. The number of carbonyl (C=O) groups excluding carboxylic acids is 1. The van der Waals surface area contributed by atoms with Crippen LogP contribution in [0.25, 0.3) is 0 Å². The quantitative estimate of drug-likeness (QED) is 0.560. The standard InChI is InChI=1S/C9H16O3/c1-5-6(2)11-7(3)9(5)12-8(4)10/h5-7,9H,1-4H3/t5?,6-,7?,9-/m0/s1. The van der Waals surface area contributed by atoms with E-state index in [4.69, 9.17) is 9.47 Å². The molecule has 12 heavy (non-hydrogen) atoms. The molecule has 2 unspecified atom stereocenters. The second kappa shape index (κ2) is 3.44. The molecular weight excluding hydrogens is 156 g/mol. The molecule has 0 radical (unpaired) electrons. The van der Waals surface area contributed by atoms with E-state index >= 15 is 0 Å². The monoisotopic (exact) mass is 172 g/mol. The molecule has 0 N–H and O–H groups in total. The Balaban J connectivity index is 2.57. The molecule has 1 aliphatic heterocycles. The zero-order chi connectivity index (χ0) is 9.30. The predicted octanol–water partition coefficient (Wildman–Crippen LogP) is 1.36. The topological polar surface area (TPSA) is 35.5 Å². The fourth-order valence-electron chi connectivity index (χ4n) is 1.63. The molecule has 0 bridgehead atoms. The summed E-state index contributed by atoms with van der Waals surface area (Å²) < 4.78 is 10.7. The van der Waals surface area contributed by atoms with E-state index in [1.807, 2.05) is 20.8 Å². The first-order chi connectivity index (χ1) is 5.52. The number of ether oxygens (including phenoxy) is 2. The van der Waals surface area contributed by atoms with Crippen molar-refractivity contribution in [2.24, 2.45) is 5.92 Å². The number of carbonyl (C=O) groups is 1. The van der Waals surface area contributed by atoms with Crippen LogP contribution in [0.2, 0.25) is 0 Å². The van der Waals surface area contributed by atoms with Gasteiger partial charge in [-0.3, -0.25) is 4.79 Å². The molecule has 0 amide bonds. The Kier molecular flexibility index (Phi) is 2.73. The van der Waals surface area contributed by atoms with Gasteiger partial charge in [-0.2, -0.15) is 0 Å². The summed E-state index contributed by atoms with van der Waals surface area (Å²) in [7, 11) is 0. The van der Waals surface area contributed by atoms with Gasteiger partial charge in [-0.25, -0.2) is 0 Å². The van der Waals surface area contributed by atoms with E-state index in [2.05, 4.69) is 0 Å². The van der Waals surface area contributed by atoms with Crippen LogP contribution in [0.4, 0.5) is 0 Å².